The van der Waals surface area contributed by atoms with Gasteiger partial charge in [-0.05, 0) is 42.5 Å². The number of hydrogen-bond donors (Lipinski definition) is 3. The van der Waals surface area contributed by atoms with Crippen molar-refractivity contribution in [2.24, 2.45) is 7.05 Å². The molecule has 0 unspecified atom stereocenters. The molecule has 2 heterocycles. The van der Waals surface area contributed by atoms with E-state index in [0.717, 1.165) is 27.6 Å². The Hall–Kier alpha value is -2.99. The lowest BCUT2D eigenvalue weighted by atomic mass is 10.1. The smallest absolute Gasteiger partial charge is 0.326 e. The average molecular weight is 355 g/mol. The lowest BCUT2D eigenvalue weighted by molar-refractivity contribution is 0.891. The van der Waals surface area contributed by atoms with Crippen molar-refractivity contribution in [3.63, 3.8) is 0 Å². The van der Waals surface area contributed by atoms with Gasteiger partial charge in [-0.2, -0.15) is 0 Å². The van der Waals surface area contributed by atoms with E-state index in [1.54, 1.807) is 23.7 Å². The first-order chi connectivity index (χ1) is 12.0. The van der Waals surface area contributed by atoms with Gasteiger partial charge in [0.25, 0.3) is 5.56 Å². The van der Waals surface area contributed by atoms with Gasteiger partial charge in [-0.25, -0.2) is 4.79 Å². The van der Waals surface area contributed by atoms with Crippen molar-refractivity contribution in [2.45, 2.75) is 6.54 Å². The number of aromatic amines is 2. The minimum atomic E-state index is -0.157. The number of anilines is 1. The number of nitrogens with zero attached hydrogens (tertiary/aromatic N) is 1. The highest BCUT2D eigenvalue weighted by atomic mass is 35.5. The van der Waals surface area contributed by atoms with E-state index in [1.165, 1.54) is 0 Å². The van der Waals surface area contributed by atoms with E-state index in [2.05, 4.69) is 15.3 Å². The summed E-state index contributed by atoms with van der Waals surface area (Å²) < 4.78 is 1.55. The second-order valence-corrected chi connectivity index (χ2v) is 6.37. The van der Waals surface area contributed by atoms with Crippen LogP contribution in [0.1, 0.15) is 5.56 Å². The van der Waals surface area contributed by atoms with Gasteiger partial charge in [-0.1, -0.05) is 11.6 Å². The number of aryl methyl sites for hydroxylation is 1. The molecule has 6 nitrogen and oxygen atoms in total. The van der Waals surface area contributed by atoms with Crippen LogP contribution >= 0.6 is 11.6 Å². The van der Waals surface area contributed by atoms with Gasteiger partial charge in [0.05, 0.1) is 11.0 Å². The lowest BCUT2D eigenvalue weighted by Crippen LogP contribution is -2.15. The fourth-order valence-corrected chi connectivity index (χ4v) is 3.07. The van der Waals surface area contributed by atoms with Crippen molar-refractivity contribution in [2.75, 3.05) is 5.32 Å². The summed E-state index contributed by atoms with van der Waals surface area (Å²) in [5.41, 5.74) is 3.46. The van der Waals surface area contributed by atoms with Crippen molar-refractivity contribution in [1.82, 2.24) is 14.5 Å². The van der Waals surface area contributed by atoms with Crippen molar-refractivity contribution in [3.05, 3.63) is 73.9 Å². The first-order valence-electron chi connectivity index (χ1n) is 7.75. The normalized spacial score (nSPS) is 11.3. The molecule has 0 aliphatic carbocycles. The predicted octanol–water partition coefficient (Wildman–Crippen LogP) is 2.97. The molecule has 0 aliphatic rings. The maximum absolute atomic E-state index is 12.2. The van der Waals surface area contributed by atoms with Crippen LogP contribution in [0.4, 0.5) is 5.69 Å². The molecule has 2 aromatic carbocycles. The summed E-state index contributed by atoms with van der Waals surface area (Å²) in [5.74, 6) is 0. The third-order valence-electron chi connectivity index (χ3n) is 4.27. The van der Waals surface area contributed by atoms with Crippen LogP contribution in [0.15, 0.2) is 52.1 Å². The second-order valence-electron chi connectivity index (χ2n) is 5.93. The monoisotopic (exact) mass is 354 g/mol. The highest BCUT2D eigenvalue weighted by Gasteiger charge is 2.06. The molecule has 4 rings (SSSR count). The average Bonchev–Trinajstić information content (AvgIpc) is 2.87. The molecule has 0 spiro atoms. The van der Waals surface area contributed by atoms with Gasteiger partial charge in [0, 0.05) is 40.8 Å². The van der Waals surface area contributed by atoms with Crippen molar-refractivity contribution < 1.29 is 0 Å². The van der Waals surface area contributed by atoms with Crippen LogP contribution < -0.4 is 16.6 Å². The summed E-state index contributed by atoms with van der Waals surface area (Å²) in [4.78, 5) is 29.5. The fraction of sp³-hybridized carbons (Fsp3) is 0.111. The standard InChI is InChI=1S/C18H15ClN4O2/c1-23-16-8-13(3-5-15(16)22-18(23)25)20-9-11-6-10-7-12(19)2-4-14(10)21-17(11)24/h2-8,20H,9H2,1H3,(H,21,24)(H,22,25). The molecule has 126 valence electrons. The number of halogens is 1. The molecule has 0 saturated heterocycles. The fourth-order valence-electron chi connectivity index (χ4n) is 2.88. The summed E-state index contributed by atoms with van der Waals surface area (Å²) >= 11 is 6.02. The zero-order chi connectivity index (χ0) is 17.6. The molecular weight excluding hydrogens is 340 g/mol. The maximum atomic E-state index is 12.2. The van der Waals surface area contributed by atoms with Crippen LogP contribution in [0, 0.1) is 0 Å². The van der Waals surface area contributed by atoms with Gasteiger partial charge < -0.3 is 15.3 Å². The number of H-pyrrole nitrogens is 2. The first kappa shape index (κ1) is 15.5. The van der Waals surface area contributed by atoms with Crippen molar-refractivity contribution >= 4 is 39.2 Å². The highest BCUT2D eigenvalue weighted by molar-refractivity contribution is 6.31. The lowest BCUT2D eigenvalue weighted by Gasteiger charge is -2.08. The molecule has 7 heteroatoms. The molecule has 0 bridgehead atoms. The van der Waals surface area contributed by atoms with Crippen LogP contribution in [0.5, 0.6) is 0 Å². The first-order valence-corrected chi connectivity index (χ1v) is 8.13. The number of nitrogens with one attached hydrogen (secondary N) is 3. The molecule has 0 fully saturated rings. The summed E-state index contributed by atoms with van der Waals surface area (Å²) in [6, 6.07) is 12.8. The van der Waals surface area contributed by atoms with E-state index in [-0.39, 0.29) is 11.2 Å². The Balaban J connectivity index is 1.65. The zero-order valence-corrected chi connectivity index (χ0v) is 14.1. The summed E-state index contributed by atoms with van der Waals surface area (Å²) in [5, 5.41) is 4.73. The van der Waals surface area contributed by atoms with Gasteiger partial charge in [0.1, 0.15) is 0 Å². The Bertz CT molecular complexity index is 1220. The Kier molecular flexibility index (Phi) is 3.62. The number of pyridine rings is 1. The maximum Gasteiger partial charge on any atom is 0.326 e. The van der Waals surface area contributed by atoms with Gasteiger partial charge in [0.2, 0.25) is 0 Å². The van der Waals surface area contributed by atoms with Gasteiger partial charge >= 0.3 is 5.69 Å². The molecule has 0 amide bonds. The third kappa shape index (κ3) is 2.81. The molecule has 0 atom stereocenters. The third-order valence-corrected chi connectivity index (χ3v) is 4.51. The van der Waals surface area contributed by atoms with Gasteiger partial charge in [-0.3, -0.25) is 9.36 Å². The van der Waals surface area contributed by atoms with E-state index >= 15 is 0 Å². The van der Waals surface area contributed by atoms with Crippen molar-refractivity contribution in [3.8, 4) is 0 Å². The highest BCUT2D eigenvalue weighted by Crippen LogP contribution is 2.19. The molecule has 3 N–H and O–H groups in total. The van der Waals surface area contributed by atoms with Crippen LogP contribution in [0.3, 0.4) is 0 Å². The number of fused-ring (bicyclic) bond motifs is 2. The molecule has 0 saturated carbocycles. The van der Waals surface area contributed by atoms with E-state index in [1.807, 2.05) is 30.3 Å². The molecular formula is C18H15ClN4O2. The van der Waals surface area contributed by atoms with Crippen LogP contribution in [0.25, 0.3) is 21.9 Å². The number of imidazole rings is 1. The Labute approximate surface area is 147 Å². The Morgan fingerprint density at radius 3 is 2.68 bits per heavy atom. The topological polar surface area (TPSA) is 82.7 Å². The Morgan fingerprint density at radius 2 is 1.84 bits per heavy atom. The SMILES string of the molecule is Cn1c(=O)[nH]c2ccc(NCc3cc4cc(Cl)ccc4[nH]c3=O)cc21. The number of hydrogen-bond acceptors (Lipinski definition) is 3. The Morgan fingerprint density at radius 1 is 1.04 bits per heavy atom. The quantitative estimate of drug-likeness (QED) is 0.529. The van der Waals surface area contributed by atoms with E-state index in [0.29, 0.717) is 17.1 Å². The predicted molar refractivity (Wildman–Crippen MR) is 100 cm³/mol. The van der Waals surface area contributed by atoms with E-state index in [9.17, 15) is 9.59 Å². The number of rotatable bonds is 3. The minimum absolute atomic E-state index is 0.141. The van der Waals surface area contributed by atoms with Gasteiger partial charge in [0.15, 0.2) is 0 Å². The summed E-state index contributed by atoms with van der Waals surface area (Å²) in [6.07, 6.45) is 0. The van der Waals surface area contributed by atoms with E-state index in [4.69, 9.17) is 11.6 Å². The molecule has 2 aromatic heterocycles. The van der Waals surface area contributed by atoms with Crippen molar-refractivity contribution in [1.29, 1.82) is 0 Å². The van der Waals surface area contributed by atoms with Crippen LogP contribution in [-0.4, -0.2) is 14.5 Å². The minimum Gasteiger partial charge on any atom is -0.381 e. The zero-order valence-electron chi connectivity index (χ0n) is 13.4. The number of aromatic nitrogens is 3. The number of benzene rings is 2. The largest absolute Gasteiger partial charge is 0.381 e. The summed E-state index contributed by atoms with van der Waals surface area (Å²) in [7, 11) is 1.71. The van der Waals surface area contributed by atoms with Gasteiger partial charge in [-0.15, -0.1) is 0 Å². The molecule has 25 heavy (non-hydrogen) atoms. The second kappa shape index (κ2) is 5.82. The van der Waals surface area contributed by atoms with Crippen LogP contribution in [0.2, 0.25) is 5.02 Å². The molecule has 4 aromatic rings. The summed E-state index contributed by atoms with van der Waals surface area (Å²) in [6.45, 7) is 0.363. The molecule has 0 aliphatic heterocycles. The molecule has 0 radical (unpaired) electrons. The van der Waals surface area contributed by atoms with E-state index < -0.39 is 0 Å². The van der Waals surface area contributed by atoms with Crippen LogP contribution in [-0.2, 0) is 13.6 Å².